The Kier molecular flexibility index (Phi) is 9.41. The number of alkyl halides is 1. The molecule has 0 saturated heterocycles. The molecule has 1 atom stereocenters. The summed E-state index contributed by atoms with van der Waals surface area (Å²) in [6.07, 6.45) is 8.58. The minimum Gasteiger partial charge on any atom is -0.0861 e. The third-order valence-electron chi connectivity index (χ3n) is 2.06. The molecule has 11 heavy (non-hydrogen) atoms. The Morgan fingerprint density at radius 1 is 1.09 bits per heavy atom. The van der Waals surface area contributed by atoms with E-state index >= 15 is 0 Å². The van der Waals surface area contributed by atoms with Gasteiger partial charge in [-0.2, -0.15) is 0 Å². The maximum atomic E-state index is 2.48. The molecule has 0 aromatic heterocycles. The lowest BCUT2D eigenvalue weighted by Gasteiger charge is -2.05. The van der Waals surface area contributed by atoms with Gasteiger partial charge in [0, 0.05) is 4.43 Å². The summed E-state index contributed by atoms with van der Waals surface area (Å²) in [7, 11) is 0. The zero-order valence-electron chi connectivity index (χ0n) is 7.91. The monoisotopic (exact) mass is 268 g/mol. The van der Waals surface area contributed by atoms with E-state index in [1.807, 2.05) is 0 Å². The predicted molar refractivity (Wildman–Crippen MR) is 61.4 cm³/mol. The van der Waals surface area contributed by atoms with Crippen molar-refractivity contribution in [1.29, 1.82) is 0 Å². The number of halogens is 1. The third kappa shape index (κ3) is 8.64. The normalized spacial score (nSPS) is 13.4. The fourth-order valence-electron chi connectivity index (χ4n) is 1.17. The Balaban J connectivity index is 2.89. The highest BCUT2D eigenvalue weighted by Crippen LogP contribution is 2.12. The van der Waals surface area contributed by atoms with E-state index in [2.05, 4.69) is 36.4 Å². The molecule has 68 valence electrons. The van der Waals surface area contributed by atoms with Crippen molar-refractivity contribution < 1.29 is 0 Å². The number of unbranched alkanes of at least 4 members (excludes halogenated alkanes) is 4. The molecule has 0 aromatic rings. The SMILES string of the molecule is CCCCCCC[C@@H](C)CI. The van der Waals surface area contributed by atoms with E-state index < -0.39 is 0 Å². The standard InChI is InChI=1S/C10H21I/c1-3-4-5-6-7-8-10(2)9-11/h10H,3-9H2,1-2H3/t10-/m1/s1. The van der Waals surface area contributed by atoms with Crippen LogP contribution < -0.4 is 0 Å². The van der Waals surface area contributed by atoms with Crippen LogP contribution in [0.1, 0.15) is 52.4 Å². The number of hydrogen-bond donors (Lipinski definition) is 0. The lowest BCUT2D eigenvalue weighted by Crippen LogP contribution is -1.94. The molecule has 0 saturated carbocycles. The molecule has 0 aliphatic rings. The van der Waals surface area contributed by atoms with Crippen LogP contribution in [0, 0.1) is 5.92 Å². The first-order valence-corrected chi connectivity index (χ1v) is 6.39. The molecule has 0 aliphatic heterocycles. The van der Waals surface area contributed by atoms with Crippen LogP contribution in [0.4, 0.5) is 0 Å². The van der Waals surface area contributed by atoms with E-state index in [4.69, 9.17) is 0 Å². The van der Waals surface area contributed by atoms with Gasteiger partial charge in [-0.25, -0.2) is 0 Å². The zero-order chi connectivity index (χ0) is 8.53. The summed E-state index contributed by atoms with van der Waals surface area (Å²) in [4.78, 5) is 0. The van der Waals surface area contributed by atoms with Crippen molar-refractivity contribution in [3.05, 3.63) is 0 Å². The van der Waals surface area contributed by atoms with E-state index in [0.29, 0.717) is 0 Å². The summed E-state index contributed by atoms with van der Waals surface area (Å²) in [5, 5.41) is 0. The number of hydrogen-bond acceptors (Lipinski definition) is 0. The molecule has 0 amide bonds. The van der Waals surface area contributed by atoms with Gasteiger partial charge in [-0.05, 0) is 12.3 Å². The lowest BCUT2D eigenvalue weighted by molar-refractivity contribution is 0.528. The molecule has 0 heterocycles. The summed E-state index contributed by atoms with van der Waals surface area (Å²) >= 11 is 2.48. The maximum Gasteiger partial charge on any atom is 0.00210 e. The molecule has 0 aromatic carbocycles. The molecule has 0 bridgehead atoms. The molecule has 0 spiro atoms. The predicted octanol–water partition coefficient (Wildman–Crippen LogP) is 4.42. The van der Waals surface area contributed by atoms with Crippen LogP contribution in [-0.4, -0.2) is 4.43 Å². The molecule has 0 fully saturated rings. The lowest BCUT2D eigenvalue weighted by atomic mass is 10.0. The van der Waals surface area contributed by atoms with Crippen LogP contribution in [0.2, 0.25) is 0 Å². The van der Waals surface area contributed by atoms with Gasteiger partial charge in [0.15, 0.2) is 0 Å². The first kappa shape index (κ1) is 11.7. The average Bonchev–Trinajstić information content (AvgIpc) is 2.04. The van der Waals surface area contributed by atoms with Crippen molar-refractivity contribution in [3.63, 3.8) is 0 Å². The van der Waals surface area contributed by atoms with Gasteiger partial charge in [0.05, 0.1) is 0 Å². The van der Waals surface area contributed by atoms with Gasteiger partial charge in [-0.3, -0.25) is 0 Å². The van der Waals surface area contributed by atoms with Crippen LogP contribution in [0.25, 0.3) is 0 Å². The fraction of sp³-hybridized carbons (Fsp3) is 1.00. The van der Waals surface area contributed by atoms with Crippen LogP contribution in [0.15, 0.2) is 0 Å². The number of rotatable bonds is 7. The van der Waals surface area contributed by atoms with Gasteiger partial charge in [0.1, 0.15) is 0 Å². The Bertz CT molecular complexity index is 71.3. The first-order chi connectivity index (χ1) is 5.31. The minimum absolute atomic E-state index is 0.942. The zero-order valence-corrected chi connectivity index (χ0v) is 10.1. The Labute approximate surface area is 85.3 Å². The van der Waals surface area contributed by atoms with Gasteiger partial charge in [0.25, 0.3) is 0 Å². The second-order valence-corrected chi connectivity index (χ2v) is 4.34. The highest BCUT2D eigenvalue weighted by Gasteiger charge is 1.97. The molecule has 0 nitrogen and oxygen atoms in total. The van der Waals surface area contributed by atoms with Gasteiger partial charge in [-0.1, -0.05) is 68.5 Å². The largest absolute Gasteiger partial charge is 0.0861 e. The van der Waals surface area contributed by atoms with Crippen molar-refractivity contribution >= 4 is 22.6 Å². The molecular formula is C10H21I. The van der Waals surface area contributed by atoms with Crippen molar-refractivity contribution in [2.75, 3.05) is 4.43 Å². The molecule has 0 radical (unpaired) electrons. The van der Waals surface area contributed by atoms with Crippen LogP contribution >= 0.6 is 22.6 Å². The first-order valence-electron chi connectivity index (χ1n) is 4.87. The van der Waals surface area contributed by atoms with Crippen molar-refractivity contribution in [1.82, 2.24) is 0 Å². The van der Waals surface area contributed by atoms with E-state index in [9.17, 15) is 0 Å². The quantitative estimate of drug-likeness (QED) is 0.364. The molecule has 0 rings (SSSR count). The highest BCUT2D eigenvalue weighted by molar-refractivity contribution is 14.1. The average molecular weight is 268 g/mol. The van der Waals surface area contributed by atoms with Crippen molar-refractivity contribution in [2.24, 2.45) is 5.92 Å². The van der Waals surface area contributed by atoms with Gasteiger partial charge < -0.3 is 0 Å². The van der Waals surface area contributed by atoms with E-state index in [0.717, 1.165) is 5.92 Å². The third-order valence-corrected chi connectivity index (χ3v) is 3.57. The van der Waals surface area contributed by atoms with E-state index in [1.165, 1.54) is 43.0 Å². The second kappa shape index (κ2) is 8.82. The van der Waals surface area contributed by atoms with Crippen LogP contribution in [-0.2, 0) is 0 Å². The van der Waals surface area contributed by atoms with E-state index in [-0.39, 0.29) is 0 Å². The van der Waals surface area contributed by atoms with Crippen LogP contribution in [0.3, 0.4) is 0 Å². The Hall–Kier alpha value is 0.730. The molecule has 1 heteroatoms. The Morgan fingerprint density at radius 3 is 2.27 bits per heavy atom. The van der Waals surface area contributed by atoms with Gasteiger partial charge >= 0.3 is 0 Å². The second-order valence-electron chi connectivity index (χ2n) is 3.46. The summed E-state index contributed by atoms with van der Waals surface area (Å²) in [5.41, 5.74) is 0. The molecular weight excluding hydrogens is 247 g/mol. The van der Waals surface area contributed by atoms with Crippen molar-refractivity contribution in [2.45, 2.75) is 52.4 Å². The van der Waals surface area contributed by atoms with Crippen molar-refractivity contribution in [3.8, 4) is 0 Å². The maximum absolute atomic E-state index is 2.48. The topological polar surface area (TPSA) is 0 Å². The Morgan fingerprint density at radius 2 is 1.73 bits per heavy atom. The summed E-state index contributed by atoms with van der Waals surface area (Å²) in [6.45, 7) is 4.62. The smallest absolute Gasteiger partial charge is 0.00210 e. The minimum atomic E-state index is 0.942. The fourth-order valence-corrected chi connectivity index (χ4v) is 1.61. The molecule has 0 N–H and O–H groups in total. The van der Waals surface area contributed by atoms with Gasteiger partial charge in [-0.15, -0.1) is 0 Å². The highest BCUT2D eigenvalue weighted by atomic mass is 127. The summed E-state index contributed by atoms with van der Waals surface area (Å²) in [5.74, 6) is 0.942. The van der Waals surface area contributed by atoms with Crippen LogP contribution in [0.5, 0.6) is 0 Å². The van der Waals surface area contributed by atoms with Gasteiger partial charge in [0.2, 0.25) is 0 Å². The summed E-state index contributed by atoms with van der Waals surface area (Å²) in [6, 6.07) is 0. The van der Waals surface area contributed by atoms with E-state index in [1.54, 1.807) is 0 Å². The molecule has 0 unspecified atom stereocenters. The molecule has 0 aliphatic carbocycles. The summed E-state index contributed by atoms with van der Waals surface area (Å²) < 4.78 is 1.32.